The van der Waals surface area contributed by atoms with E-state index in [0.29, 0.717) is 6.42 Å². The molecule has 0 aliphatic rings. The molecule has 0 N–H and O–H groups in total. The number of rotatable bonds is 8. The van der Waals surface area contributed by atoms with Gasteiger partial charge in [-0.3, -0.25) is 9.97 Å². The van der Waals surface area contributed by atoms with Crippen molar-refractivity contribution in [3.05, 3.63) is 108 Å². The molecule has 12 nitrogen and oxygen atoms in total. The zero-order valence-corrected chi connectivity index (χ0v) is 26.6. The first-order valence-corrected chi connectivity index (χ1v) is 16.4. The van der Waals surface area contributed by atoms with E-state index in [9.17, 15) is 0 Å². The van der Waals surface area contributed by atoms with E-state index in [4.69, 9.17) is 9.97 Å². The first-order valence-electron chi connectivity index (χ1n) is 14.6. The van der Waals surface area contributed by atoms with Crippen LogP contribution >= 0.6 is 22.7 Å². The maximum absolute atomic E-state index is 4.80. The number of aryl methyl sites for hydroxylation is 2. The van der Waals surface area contributed by atoms with E-state index in [2.05, 4.69) is 60.0 Å². The summed E-state index contributed by atoms with van der Waals surface area (Å²) in [4.78, 5) is 26.6. The lowest BCUT2D eigenvalue weighted by molar-refractivity contribution is 0.655. The van der Waals surface area contributed by atoms with Crippen molar-refractivity contribution in [1.82, 2.24) is 58.6 Å². The van der Waals surface area contributed by atoms with Crippen molar-refractivity contribution in [3.8, 4) is 10.3 Å². The van der Waals surface area contributed by atoms with Crippen LogP contribution in [0.2, 0.25) is 0 Å². The molecule has 0 spiro atoms. The Labute approximate surface area is 266 Å². The molecule has 0 aromatic carbocycles. The average molecular weight is 635 g/mol. The van der Waals surface area contributed by atoms with Crippen LogP contribution in [0.25, 0.3) is 32.3 Å². The zero-order chi connectivity index (χ0) is 30.8. The van der Waals surface area contributed by atoms with Gasteiger partial charge in [-0.25, -0.2) is 29.3 Å². The van der Waals surface area contributed by atoms with Crippen molar-refractivity contribution in [2.45, 2.75) is 46.2 Å². The molecule has 0 fully saturated rings. The lowest BCUT2D eigenvalue weighted by Crippen LogP contribution is -2.11. The highest BCUT2D eigenvalue weighted by Crippen LogP contribution is 2.29. The van der Waals surface area contributed by atoms with Crippen LogP contribution < -0.4 is 0 Å². The quantitative estimate of drug-likeness (QED) is 0.202. The van der Waals surface area contributed by atoms with Gasteiger partial charge in [0.15, 0.2) is 0 Å². The maximum Gasteiger partial charge on any atom is 0.210 e. The molecular weight excluding hydrogens is 605 g/mol. The average Bonchev–Trinajstić information content (AvgIpc) is 3.92. The molecule has 0 bridgehead atoms. The highest BCUT2D eigenvalue weighted by molar-refractivity contribution is 7.12. The van der Waals surface area contributed by atoms with Crippen LogP contribution in [-0.4, -0.2) is 58.6 Å². The summed E-state index contributed by atoms with van der Waals surface area (Å²) in [6, 6.07) is 8.07. The van der Waals surface area contributed by atoms with E-state index in [1.165, 1.54) is 0 Å². The number of hydrogen-bond acceptors (Lipinski definition) is 10. The number of thiazole rings is 2. The highest BCUT2D eigenvalue weighted by atomic mass is 32.1. The lowest BCUT2D eigenvalue weighted by atomic mass is 10.1. The van der Waals surface area contributed by atoms with Gasteiger partial charge in [0.05, 0.1) is 40.7 Å². The molecule has 1 unspecified atom stereocenters. The van der Waals surface area contributed by atoms with E-state index in [1.54, 1.807) is 47.5 Å². The third kappa shape index (κ3) is 5.42. The van der Waals surface area contributed by atoms with Crippen LogP contribution in [0, 0.1) is 0 Å². The molecule has 0 amide bonds. The molecule has 8 aromatic rings. The van der Waals surface area contributed by atoms with E-state index in [-0.39, 0.29) is 5.92 Å². The fraction of sp³-hybridized carbons (Fsp3) is 0.226. The largest absolute Gasteiger partial charge is 0.328 e. The third-order valence-electron chi connectivity index (χ3n) is 7.61. The van der Waals surface area contributed by atoms with Gasteiger partial charge in [-0.2, -0.15) is 10.2 Å². The third-order valence-corrected chi connectivity index (χ3v) is 9.10. The van der Waals surface area contributed by atoms with E-state index in [0.717, 1.165) is 68.5 Å². The van der Waals surface area contributed by atoms with Gasteiger partial charge in [0.25, 0.3) is 0 Å². The zero-order valence-electron chi connectivity index (χ0n) is 25.0. The molecule has 0 saturated carbocycles. The number of hydrogen-bond donors (Lipinski definition) is 0. The minimum Gasteiger partial charge on any atom is -0.328 e. The van der Waals surface area contributed by atoms with Crippen LogP contribution in [0.15, 0.2) is 84.6 Å². The molecule has 0 aliphatic heterocycles. The number of imidazole rings is 2. The number of aromatic nitrogens is 12. The van der Waals surface area contributed by atoms with Gasteiger partial charge in [-0.05, 0) is 45.0 Å². The molecule has 0 radical (unpaired) electrons. The molecule has 0 aliphatic carbocycles. The monoisotopic (exact) mass is 634 g/mol. The number of pyridine rings is 2. The molecule has 0 saturated heterocycles. The first-order chi connectivity index (χ1) is 22.2. The Morgan fingerprint density at radius 1 is 0.689 bits per heavy atom. The van der Waals surface area contributed by atoms with Crippen molar-refractivity contribution in [2.75, 3.05) is 0 Å². The molecule has 8 aromatic heterocycles. The predicted molar refractivity (Wildman–Crippen MR) is 175 cm³/mol. The number of nitrogens with zero attached hydrogens (tertiary/aromatic N) is 12. The summed E-state index contributed by atoms with van der Waals surface area (Å²) in [7, 11) is 0. The summed E-state index contributed by atoms with van der Waals surface area (Å²) in [6.07, 6.45) is 15.2. The summed E-state index contributed by atoms with van der Waals surface area (Å²) >= 11 is 3.15. The summed E-state index contributed by atoms with van der Waals surface area (Å²) in [6.45, 7) is 8.16. The van der Waals surface area contributed by atoms with Gasteiger partial charge in [0.2, 0.25) is 10.3 Å². The molecule has 8 heterocycles. The van der Waals surface area contributed by atoms with Crippen molar-refractivity contribution in [3.63, 3.8) is 0 Å². The Hall–Kier alpha value is -5.08. The SMILES string of the molecule is CCn1c(C(C)c2ccnn2-c2nccs2)nc2cnccc21.CCn1c(Cc2ccnn2-c2nccs2)nc2cnccc21. The fourth-order valence-electron chi connectivity index (χ4n) is 5.56. The second-order valence-corrected chi connectivity index (χ2v) is 11.9. The van der Waals surface area contributed by atoms with Gasteiger partial charge in [0, 0.05) is 67.5 Å². The second kappa shape index (κ2) is 12.5. The fourth-order valence-corrected chi connectivity index (χ4v) is 6.80. The Morgan fingerprint density at radius 2 is 1.31 bits per heavy atom. The van der Waals surface area contributed by atoms with Crippen LogP contribution in [-0.2, 0) is 19.5 Å². The van der Waals surface area contributed by atoms with Crippen molar-refractivity contribution < 1.29 is 0 Å². The Kier molecular flexibility index (Phi) is 7.96. The van der Waals surface area contributed by atoms with E-state index in [1.807, 2.05) is 69.2 Å². The summed E-state index contributed by atoms with van der Waals surface area (Å²) in [5.74, 6) is 2.14. The molecule has 226 valence electrons. The topological polar surface area (TPSA) is 123 Å². The second-order valence-electron chi connectivity index (χ2n) is 10.1. The van der Waals surface area contributed by atoms with Crippen molar-refractivity contribution in [2.24, 2.45) is 0 Å². The van der Waals surface area contributed by atoms with Crippen LogP contribution in [0.4, 0.5) is 0 Å². The lowest BCUT2D eigenvalue weighted by Gasteiger charge is -2.14. The van der Waals surface area contributed by atoms with Gasteiger partial charge >= 0.3 is 0 Å². The molecule has 14 heteroatoms. The normalized spacial score (nSPS) is 12.1. The van der Waals surface area contributed by atoms with Gasteiger partial charge in [-0.15, -0.1) is 22.7 Å². The van der Waals surface area contributed by atoms with Gasteiger partial charge in [-0.1, -0.05) is 0 Å². The maximum atomic E-state index is 4.80. The van der Waals surface area contributed by atoms with E-state index < -0.39 is 0 Å². The van der Waals surface area contributed by atoms with E-state index >= 15 is 0 Å². The minimum absolute atomic E-state index is 0.105. The first kappa shape index (κ1) is 28.7. The van der Waals surface area contributed by atoms with Crippen LogP contribution in [0.5, 0.6) is 0 Å². The van der Waals surface area contributed by atoms with Gasteiger partial charge in [0.1, 0.15) is 22.7 Å². The standard InChI is InChI=1S/C16H16N6S.C15H14N6S/c1-3-21-14-4-6-17-10-12(14)20-15(21)11(2)13-5-7-19-22(13)16-18-8-9-23-16;1-2-20-13-4-5-16-10-12(13)19-14(20)9-11-3-6-18-21(11)15-17-7-8-22-15/h4-11H,3H2,1-2H3;3-8,10H,2,9H2,1H3. The summed E-state index contributed by atoms with van der Waals surface area (Å²) < 4.78 is 8.23. The Bertz CT molecular complexity index is 2150. The summed E-state index contributed by atoms with van der Waals surface area (Å²) in [5, 5.41) is 14.5. The molecule has 45 heavy (non-hydrogen) atoms. The smallest absolute Gasteiger partial charge is 0.210 e. The Balaban J connectivity index is 0.000000145. The predicted octanol–water partition coefficient (Wildman–Crippen LogP) is 5.93. The van der Waals surface area contributed by atoms with Crippen molar-refractivity contribution in [1.29, 1.82) is 0 Å². The molecule has 1 atom stereocenters. The van der Waals surface area contributed by atoms with Crippen molar-refractivity contribution >= 4 is 44.7 Å². The minimum atomic E-state index is 0.105. The van der Waals surface area contributed by atoms with Crippen LogP contribution in [0.3, 0.4) is 0 Å². The van der Waals surface area contributed by atoms with Gasteiger partial charge < -0.3 is 9.13 Å². The summed E-state index contributed by atoms with van der Waals surface area (Å²) in [5.41, 5.74) is 6.25. The number of fused-ring (bicyclic) bond motifs is 2. The molecular formula is C31H30N12S2. The Morgan fingerprint density at radius 3 is 1.98 bits per heavy atom. The highest BCUT2D eigenvalue weighted by Gasteiger charge is 2.22. The molecule has 8 rings (SSSR count). The van der Waals surface area contributed by atoms with Crippen LogP contribution in [0.1, 0.15) is 49.7 Å².